The monoisotopic (exact) mass is 166 g/mol. The topological polar surface area (TPSA) is 20.2 Å². The number of rotatable bonds is 1. The van der Waals surface area contributed by atoms with Crippen LogP contribution in [0.2, 0.25) is 0 Å². The molecular formula is C11H18O. The Morgan fingerprint density at radius 3 is 1.83 bits per heavy atom. The van der Waals surface area contributed by atoms with Gasteiger partial charge < -0.3 is 5.11 Å². The number of hydrogen-bond donors (Lipinski definition) is 1. The fourth-order valence-corrected chi connectivity index (χ4v) is 0.714. The van der Waals surface area contributed by atoms with Gasteiger partial charge in [-0.15, -0.1) is 0 Å². The van der Waals surface area contributed by atoms with Gasteiger partial charge in [0.15, 0.2) is 0 Å². The maximum Gasteiger partial charge on any atom is 0.0483 e. The molecule has 0 heterocycles. The number of aliphatic hydroxyl groups is 1. The van der Waals surface area contributed by atoms with E-state index in [0.29, 0.717) is 0 Å². The van der Waals surface area contributed by atoms with Gasteiger partial charge in [-0.05, 0) is 25.8 Å². The van der Waals surface area contributed by atoms with E-state index in [0.717, 1.165) is 6.42 Å². The van der Waals surface area contributed by atoms with Crippen molar-refractivity contribution in [2.75, 3.05) is 0 Å². The van der Waals surface area contributed by atoms with Crippen molar-refractivity contribution in [1.29, 1.82) is 0 Å². The molecule has 1 heteroatoms. The van der Waals surface area contributed by atoms with Gasteiger partial charge in [-0.2, -0.15) is 0 Å². The Hall–Kier alpha value is -0.820. The molecule has 0 aliphatic heterocycles. The van der Waals surface area contributed by atoms with Crippen LogP contribution in [-0.2, 0) is 6.42 Å². The Bertz CT molecular complexity index is 177. The predicted octanol–water partition coefficient (Wildman–Crippen LogP) is 2.64. The number of aliphatic hydroxyl groups excluding tert-OH is 1. The molecule has 1 nitrogen and oxygen atoms in total. The van der Waals surface area contributed by atoms with Gasteiger partial charge in [0.1, 0.15) is 0 Å². The summed E-state index contributed by atoms with van der Waals surface area (Å²) in [6.45, 7) is 5.61. The molecule has 0 amide bonds. The van der Waals surface area contributed by atoms with Crippen molar-refractivity contribution >= 4 is 0 Å². The molecule has 0 spiro atoms. The van der Waals surface area contributed by atoms with Crippen molar-refractivity contribution in [3.63, 3.8) is 0 Å². The third-order valence-corrected chi connectivity index (χ3v) is 1.25. The Kier molecular flexibility index (Phi) is 6.39. The van der Waals surface area contributed by atoms with Crippen molar-refractivity contribution in [3.05, 3.63) is 35.9 Å². The molecule has 0 bridgehead atoms. The number of benzene rings is 1. The van der Waals surface area contributed by atoms with E-state index in [2.05, 4.69) is 31.2 Å². The van der Waals surface area contributed by atoms with Crippen LogP contribution in [-0.4, -0.2) is 11.2 Å². The van der Waals surface area contributed by atoms with Crippen LogP contribution in [0.1, 0.15) is 26.3 Å². The first-order chi connectivity index (χ1) is 5.66. The van der Waals surface area contributed by atoms with Crippen LogP contribution in [0.4, 0.5) is 0 Å². The average Bonchev–Trinajstić information content (AvgIpc) is 2.05. The normalized spacial score (nSPS) is 9.08. The quantitative estimate of drug-likeness (QED) is 0.680. The number of hydrogen-bond acceptors (Lipinski definition) is 1. The van der Waals surface area contributed by atoms with Crippen molar-refractivity contribution < 1.29 is 5.11 Å². The van der Waals surface area contributed by atoms with Gasteiger partial charge >= 0.3 is 0 Å². The number of aryl methyl sites for hydroxylation is 1. The molecule has 0 unspecified atom stereocenters. The van der Waals surface area contributed by atoms with Crippen LogP contribution < -0.4 is 0 Å². The highest BCUT2D eigenvalue weighted by Gasteiger charge is 1.79. The molecule has 68 valence electrons. The molecule has 1 N–H and O–H groups in total. The summed E-state index contributed by atoms with van der Waals surface area (Å²) in [6.07, 6.45) is 0.973. The summed E-state index contributed by atoms with van der Waals surface area (Å²) >= 11 is 0. The van der Waals surface area contributed by atoms with Gasteiger partial charge in [0, 0.05) is 6.10 Å². The molecule has 1 rings (SSSR count). The fourth-order valence-electron chi connectivity index (χ4n) is 0.714. The van der Waals surface area contributed by atoms with Gasteiger partial charge in [0.2, 0.25) is 0 Å². The summed E-state index contributed by atoms with van der Waals surface area (Å²) in [5, 5.41) is 8.06. The zero-order chi connectivity index (χ0) is 9.40. The van der Waals surface area contributed by atoms with Crippen molar-refractivity contribution in [2.24, 2.45) is 0 Å². The third-order valence-electron chi connectivity index (χ3n) is 1.25. The van der Waals surface area contributed by atoms with Gasteiger partial charge in [0.05, 0.1) is 0 Å². The Labute approximate surface area is 75.1 Å². The molecule has 0 atom stereocenters. The van der Waals surface area contributed by atoms with E-state index in [1.165, 1.54) is 5.56 Å². The van der Waals surface area contributed by atoms with E-state index in [4.69, 9.17) is 5.11 Å². The minimum Gasteiger partial charge on any atom is -0.394 e. The zero-order valence-electron chi connectivity index (χ0n) is 8.12. The Balaban J connectivity index is 0.000000261. The van der Waals surface area contributed by atoms with Crippen molar-refractivity contribution in [1.82, 2.24) is 0 Å². The lowest BCUT2D eigenvalue weighted by Gasteiger charge is -1.89. The second-order valence-corrected chi connectivity index (χ2v) is 2.93. The van der Waals surface area contributed by atoms with Crippen LogP contribution >= 0.6 is 0 Å². The molecule has 1 aromatic carbocycles. The fraction of sp³-hybridized carbons (Fsp3) is 0.455. The van der Waals surface area contributed by atoms with Crippen molar-refractivity contribution in [2.45, 2.75) is 33.3 Å². The first-order valence-electron chi connectivity index (χ1n) is 4.38. The lowest BCUT2D eigenvalue weighted by atomic mass is 10.2. The van der Waals surface area contributed by atoms with Crippen LogP contribution in [0.5, 0.6) is 0 Å². The van der Waals surface area contributed by atoms with E-state index in [1.54, 1.807) is 13.8 Å². The molecule has 0 fully saturated rings. The molecular weight excluding hydrogens is 148 g/mol. The lowest BCUT2D eigenvalue weighted by molar-refractivity contribution is 0.216. The smallest absolute Gasteiger partial charge is 0.0483 e. The Morgan fingerprint density at radius 2 is 1.58 bits per heavy atom. The van der Waals surface area contributed by atoms with Gasteiger partial charge in [-0.3, -0.25) is 0 Å². The summed E-state index contributed by atoms with van der Waals surface area (Å²) in [7, 11) is 0. The molecule has 0 aliphatic rings. The molecule has 0 saturated heterocycles. The van der Waals surface area contributed by atoms with E-state index in [-0.39, 0.29) is 6.10 Å². The first kappa shape index (κ1) is 11.2. The standard InChI is InChI=1S/C8H10.C3H8O/c1-2-8-6-4-3-5-7-8;1-3(2)4/h3-7H,2H2,1H3;3-4H,1-2H3. The van der Waals surface area contributed by atoms with E-state index < -0.39 is 0 Å². The highest BCUT2D eigenvalue weighted by Crippen LogP contribution is 1.96. The summed E-state index contributed by atoms with van der Waals surface area (Å²) in [5.41, 5.74) is 1.41. The van der Waals surface area contributed by atoms with E-state index in [9.17, 15) is 0 Å². The van der Waals surface area contributed by atoms with Crippen LogP contribution in [0.25, 0.3) is 0 Å². The molecule has 0 aliphatic carbocycles. The van der Waals surface area contributed by atoms with E-state index >= 15 is 0 Å². The zero-order valence-corrected chi connectivity index (χ0v) is 8.12. The Morgan fingerprint density at radius 1 is 1.17 bits per heavy atom. The van der Waals surface area contributed by atoms with Gasteiger partial charge in [-0.25, -0.2) is 0 Å². The maximum atomic E-state index is 8.06. The highest BCUT2D eigenvalue weighted by molar-refractivity contribution is 5.13. The summed E-state index contributed by atoms with van der Waals surface area (Å²) in [6, 6.07) is 10.5. The largest absolute Gasteiger partial charge is 0.394 e. The minimum absolute atomic E-state index is 0.167. The SMILES string of the molecule is CC(C)O.CCc1ccccc1. The first-order valence-corrected chi connectivity index (χ1v) is 4.38. The molecule has 0 aromatic heterocycles. The van der Waals surface area contributed by atoms with Gasteiger partial charge in [-0.1, -0.05) is 37.3 Å². The van der Waals surface area contributed by atoms with Crippen LogP contribution in [0, 0.1) is 0 Å². The second-order valence-electron chi connectivity index (χ2n) is 2.93. The van der Waals surface area contributed by atoms with Crippen LogP contribution in [0.3, 0.4) is 0 Å². The summed E-state index contributed by atoms with van der Waals surface area (Å²) < 4.78 is 0. The van der Waals surface area contributed by atoms with Crippen molar-refractivity contribution in [3.8, 4) is 0 Å². The molecule has 1 aromatic rings. The van der Waals surface area contributed by atoms with Crippen LogP contribution in [0.15, 0.2) is 30.3 Å². The summed E-state index contributed by atoms with van der Waals surface area (Å²) in [4.78, 5) is 0. The summed E-state index contributed by atoms with van der Waals surface area (Å²) in [5.74, 6) is 0. The third kappa shape index (κ3) is 7.29. The predicted molar refractivity (Wildman–Crippen MR) is 53.2 cm³/mol. The molecule has 12 heavy (non-hydrogen) atoms. The maximum absolute atomic E-state index is 8.06. The van der Waals surface area contributed by atoms with E-state index in [1.807, 2.05) is 6.07 Å². The lowest BCUT2D eigenvalue weighted by Crippen LogP contribution is -1.85. The molecule has 0 radical (unpaired) electrons. The highest BCUT2D eigenvalue weighted by atomic mass is 16.3. The minimum atomic E-state index is -0.167. The second kappa shape index (κ2) is 6.86. The van der Waals surface area contributed by atoms with Gasteiger partial charge in [0.25, 0.3) is 0 Å². The molecule has 0 saturated carbocycles. The average molecular weight is 166 g/mol.